The third kappa shape index (κ3) is 2.10. The van der Waals surface area contributed by atoms with Crippen molar-refractivity contribution in [3.05, 3.63) is 11.7 Å². The quantitative estimate of drug-likeness (QED) is 0.859. The van der Waals surface area contributed by atoms with E-state index in [2.05, 4.69) is 37.8 Å². The predicted octanol–water partition coefficient (Wildman–Crippen LogP) is 2.73. The summed E-state index contributed by atoms with van der Waals surface area (Å²) in [7, 11) is 0. The van der Waals surface area contributed by atoms with Crippen molar-refractivity contribution in [2.75, 3.05) is 0 Å². The Hall–Kier alpha value is -0.900. The van der Waals surface area contributed by atoms with Crippen LogP contribution in [0, 0.1) is 5.92 Å². The molecule has 0 bridgehead atoms. The Balaban J connectivity index is 2.31. The highest BCUT2D eigenvalue weighted by Gasteiger charge is 2.44. The summed E-state index contributed by atoms with van der Waals surface area (Å²) in [5.41, 5.74) is 6.02. The van der Waals surface area contributed by atoms with E-state index in [9.17, 15) is 0 Å². The number of nitrogens with zero attached hydrogens (tertiary/aromatic N) is 2. The maximum Gasteiger partial charge on any atom is 0.232 e. The summed E-state index contributed by atoms with van der Waals surface area (Å²) in [5, 5.41) is 4.12. The number of hydrogen-bond acceptors (Lipinski definition) is 4. The molecule has 96 valence electrons. The minimum Gasteiger partial charge on any atom is -0.339 e. The first-order valence-electron chi connectivity index (χ1n) is 6.51. The second kappa shape index (κ2) is 4.09. The average molecular weight is 237 g/mol. The molecule has 2 atom stereocenters. The standard InChI is InChI=1S/C13H23N3O/c1-5-9-7-6-8-13(9,14)10-15-11(17-16-10)12(2,3)4/h9H,5-8,14H2,1-4H3. The van der Waals surface area contributed by atoms with E-state index in [0.717, 1.165) is 19.3 Å². The highest BCUT2D eigenvalue weighted by atomic mass is 16.5. The normalized spacial score (nSPS) is 29.8. The SMILES string of the molecule is CCC1CCCC1(N)c1noc(C(C)(C)C)n1. The molecule has 4 nitrogen and oxygen atoms in total. The van der Waals surface area contributed by atoms with Gasteiger partial charge in [0.2, 0.25) is 5.89 Å². The Morgan fingerprint density at radius 3 is 2.71 bits per heavy atom. The van der Waals surface area contributed by atoms with Gasteiger partial charge in [-0.05, 0) is 18.8 Å². The highest BCUT2D eigenvalue weighted by molar-refractivity contribution is 5.11. The first-order valence-corrected chi connectivity index (χ1v) is 6.51. The largest absolute Gasteiger partial charge is 0.339 e. The second-order valence-corrected chi connectivity index (χ2v) is 6.21. The molecule has 1 saturated carbocycles. The van der Waals surface area contributed by atoms with Crippen LogP contribution in [-0.2, 0) is 11.0 Å². The topological polar surface area (TPSA) is 64.9 Å². The third-order valence-corrected chi connectivity index (χ3v) is 3.85. The summed E-state index contributed by atoms with van der Waals surface area (Å²) >= 11 is 0. The maximum atomic E-state index is 6.51. The number of nitrogens with two attached hydrogens (primary N) is 1. The molecule has 17 heavy (non-hydrogen) atoms. The van der Waals surface area contributed by atoms with E-state index in [4.69, 9.17) is 10.3 Å². The van der Waals surface area contributed by atoms with Gasteiger partial charge in [0.15, 0.2) is 5.82 Å². The summed E-state index contributed by atoms with van der Waals surface area (Å²) in [5.74, 6) is 1.86. The highest BCUT2D eigenvalue weighted by Crippen LogP contribution is 2.42. The van der Waals surface area contributed by atoms with E-state index < -0.39 is 0 Å². The molecule has 1 aromatic heterocycles. The lowest BCUT2D eigenvalue weighted by molar-refractivity contribution is 0.275. The molecule has 4 heteroatoms. The molecule has 0 saturated heterocycles. The van der Waals surface area contributed by atoms with E-state index in [-0.39, 0.29) is 11.0 Å². The zero-order valence-electron chi connectivity index (χ0n) is 11.3. The molecule has 0 aliphatic heterocycles. The van der Waals surface area contributed by atoms with E-state index in [0.29, 0.717) is 17.6 Å². The number of rotatable bonds is 2. The van der Waals surface area contributed by atoms with Gasteiger partial charge in [-0.2, -0.15) is 4.98 Å². The minimum absolute atomic E-state index is 0.109. The van der Waals surface area contributed by atoms with Crippen molar-refractivity contribution in [1.29, 1.82) is 0 Å². The smallest absolute Gasteiger partial charge is 0.232 e. The molecule has 2 unspecified atom stereocenters. The van der Waals surface area contributed by atoms with Crippen molar-refractivity contribution in [2.24, 2.45) is 11.7 Å². The summed E-state index contributed by atoms with van der Waals surface area (Å²) in [6.07, 6.45) is 4.38. The van der Waals surface area contributed by atoms with Crippen LogP contribution in [0.4, 0.5) is 0 Å². The van der Waals surface area contributed by atoms with Crippen LogP contribution in [0.2, 0.25) is 0 Å². The molecule has 1 heterocycles. The minimum atomic E-state index is -0.373. The summed E-state index contributed by atoms with van der Waals surface area (Å²) in [6.45, 7) is 8.39. The lowest BCUT2D eigenvalue weighted by atomic mass is 9.85. The molecule has 0 spiro atoms. The van der Waals surface area contributed by atoms with Crippen LogP contribution in [-0.4, -0.2) is 10.1 Å². The number of aromatic nitrogens is 2. The Labute approximate surface area is 103 Å². The average Bonchev–Trinajstić information content (AvgIpc) is 2.82. The van der Waals surface area contributed by atoms with Gasteiger partial charge in [0, 0.05) is 5.41 Å². The predicted molar refractivity (Wildman–Crippen MR) is 66.5 cm³/mol. The van der Waals surface area contributed by atoms with Gasteiger partial charge in [0.05, 0.1) is 5.54 Å². The lowest BCUT2D eigenvalue weighted by Crippen LogP contribution is -2.41. The van der Waals surface area contributed by atoms with Crippen molar-refractivity contribution >= 4 is 0 Å². The van der Waals surface area contributed by atoms with Gasteiger partial charge in [-0.3, -0.25) is 0 Å². The lowest BCUT2D eigenvalue weighted by Gasteiger charge is -2.27. The zero-order valence-corrected chi connectivity index (χ0v) is 11.3. The van der Waals surface area contributed by atoms with E-state index in [1.54, 1.807) is 0 Å². The first kappa shape index (κ1) is 12.6. The fraction of sp³-hybridized carbons (Fsp3) is 0.846. The maximum absolute atomic E-state index is 6.51. The van der Waals surface area contributed by atoms with Gasteiger partial charge in [-0.25, -0.2) is 0 Å². The molecule has 1 aromatic rings. The Bertz CT molecular complexity index is 394. The Morgan fingerprint density at radius 2 is 2.18 bits per heavy atom. The van der Waals surface area contributed by atoms with Crippen molar-refractivity contribution in [3.8, 4) is 0 Å². The summed E-state index contributed by atoms with van der Waals surface area (Å²) in [6, 6.07) is 0. The molecule has 2 N–H and O–H groups in total. The van der Waals surface area contributed by atoms with Crippen molar-refractivity contribution in [3.63, 3.8) is 0 Å². The second-order valence-electron chi connectivity index (χ2n) is 6.21. The fourth-order valence-corrected chi connectivity index (χ4v) is 2.68. The van der Waals surface area contributed by atoms with Crippen LogP contribution >= 0.6 is 0 Å². The molecular weight excluding hydrogens is 214 g/mol. The van der Waals surface area contributed by atoms with Gasteiger partial charge in [0.25, 0.3) is 0 Å². The van der Waals surface area contributed by atoms with E-state index >= 15 is 0 Å². The van der Waals surface area contributed by atoms with Gasteiger partial charge < -0.3 is 10.3 Å². The molecular formula is C13H23N3O. The van der Waals surface area contributed by atoms with Crippen LogP contribution in [0.1, 0.15) is 65.1 Å². The van der Waals surface area contributed by atoms with Crippen LogP contribution in [0.3, 0.4) is 0 Å². The van der Waals surface area contributed by atoms with Gasteiger partial charge >= 0.3 is 0 Å². The molecule has 0 radical (unpaired) electrons. The molecule has 1 aliphatic carbocycles. The molecule has 0 aromatic carbocycles. The van der Waals surface area contributed by atoms with Crippen molar-refractivity contribution in [2.45, 2.75) is 64.3 Å². The van der Waals surface area contributed by atoms with Crippen LogP contribution < -0.4 is 5.73 Å². The van der Waals surface area contributed by atoms with Crippen LogP contribution in [0.15, 0.2) is 4.52 Å². The van der Waals surface area contributed by atoms with Gasteiger partial charge in [0.1, 0.15) is 0 Å². The van der Waals surface area contributed by atoms with Crippen molar-refractivity contribution < 1.29 is 4.52 Å². The van der Waals surface area contributed by atoms with Crippen LogP contribution in [0.5, 0.6) is 0 Å². The van der Waals surface area contributed by atoms with Crippen LogP contribution in [0.25, 0.3) is 0 Å². The molecule has 1 aliphatic rings. The fourth-order valence-electron chi connectivity index (χ4n) is 2.68. The van der Waals surface area contributed by atoms with Gasteiger partial charge in [-0.15, -0.1) is 0 Å². The first-order chi connectivity index (χ1) is 7.88. The summed E-state index contributed by atoms with van der Waals surface area (Å²) < 4.78 is 5.36. The van der Waals surface area contributed by atoms with Gasteiger partial charge in [-0.1, -0.05) is 45.7 Å². The van der Waals surface area contributed by atoms with Crippen molar-refractivity contribution in [1.82, 2.24) is 10.1 Å². The third-order valence-electron chi connectivity index (χ3n) is 3.85. The zero-order chi connectivity index (χ0) is 12.7. The molecule has 1 fully saturated rings. The Kier molecular flexibility index (Phi) is 3.02. The monoisotopic (exact) mass is 237 g/mol. The van der Waals surface area contributed by atoms with E-state index in [1.165, 1.54) is 6.42 Å². The molecule has 0 amide bonds. The Morgan fingerprint density at radius 1 is 1.47 bits per heavy atom. The number of hydrogen-bond donors (Lipinski definition) is 1. The van der Waals surface area contributed by atoms with E-state index in [1.807, 2.05) is 0 Å². The molecule has 2 rings (SSSR count). The summed E-state index contributed by atoms with van der Waals surface area (Å²) in [4.78, 5) is 4.53.